The lowest BCUT2D eigenvalue weighted by Crippen LogP contribution is -2.26. The minimum atomic E-state index is -0.0368. The molecule has 4 nitrogen and oxygen atoms in total. The summed E-state index contributed by atoms with van der Waals surface area (Å²) in [4.78, 5) is 12.2. The summed E-state index contributed by atoms with van der Waals surface area (Å²) in [5.74, 6) is 2.18. The molecule has 138 valence electrons. The second-order valence-electron chi connectivity index (χ2n) is 6.41. The molecule has 26 heavy (non-hydrogen) atoms. The van der Waals surface area contributed by atoms with Gasteiger partial charge in [-0.05, 0) is 54.9 Å². The zero-order chi connectivity index (χ0) is 18.7. The average molecular weight is 452 g/mol. The van der Waals surface area contributed by atoms with Gasteiger partial charge in [-0.25, -0.2) is 5.43 Å². The lowest BCUT2D eigenvalue weighted by atomic mass is 10.2. The number of amides is 1. The van der Waals surface area contributed by atoms with Gasteiger partial charge in [0.25, 0.3) is 0 Å². The monoisotopic (exact) mass is 451 g/mol. The van der Waals surface area contributed by atoms with E-state index in [0.29, 0.717) is 6.42 Å². The van der Waals surface area contributed by atoms with E-state index in [-0.39, 0.29) is 9.99 Å². The molecule has 0 bridgehead atoms. The molecule has 0 aliphatic carbocycles. The zero-order valence-electron chi connectivity index (χ0n) is 15.1. The summed E-state index contributed by atoms with van der Waals surface area (Å²) in [6.07, 6.45) is 2.21. The van der Waals surface area contributed by atoms with E-state index in [1.54, 1.807) is 6.21 Å². The van der Waals surface area contributed by atoms with Crippen LogP contribution in [-0.2, 0) is 4.79 Å². The second kappa shape index (κ2) is 8.23. The van der Waals surface area contributed by atoms with Crippen LogP contribution in [0.15, 0.2) is 39.9 Å². The predicted molar refractivity (Wildman–Crippen MR) is 117 cm³/mol. The summed E-state index contributed by atoms with van der Waals surface area (Å²) in [7, 11) is 0. The number of carbonyl (C=O) groups excluding carboxylic acids is 1. The van der Waals surface area contributed by atoms with Crippen molar-refractivity contribution in [1.29, 1.82) is 0 Å². The van der Waals surface area contributed by atoms with Gasteiger partial charge in [-0.2, -0.15) is 5.10 Å². The van der Waals surface area contributed by atoms with Gasteiger partial charge in [0.1, 0.15) is 0 Å². The number of hydrogen-bond donors (Lipinski definition) is 1. The van der Waals surface area contributed by atoms with Crippen molar-refractivity contribution in [3.05, 3.63) is 51.8 Å². The number of benzene rings is 1. The van der Waals surface area contributed by atoms with Gasteiger partial charge in [0.15, 0.2) is 0 Å². The Balaban J connectivity index is 1.71. The summed E-state index contributed by atoms with van der Waals surface area (Å²) in [6.45, 7) is 6.25. The van der Waals surface area contributed by atoms with E-state index in [9.17, 15) is 4.79 Å². The van der Waals surface area contributed by atoms with Gasteiger partial charge in [-0.15, -0.1) is 23.5 Å². The molecular weight excluding hydrogens is 430 g/mol. The van der Waals surface area contributed by atoms with Gasteiger partial charge in [0, 0.05) is 32.9 Å². The molecule has 1 fully saturated rings. The number of para-hydroxylation sites is 1. The standard InChI is InChI=1S/C19H22BrN3OS2/c1-13-10-15(14(2)23(13)17-7-5-4-6-16(17)20)12-21-22-18(24)11-19(3)25-8-9-26-19/h4-7,10,12H,8-9,11H2,1-3H3,(H,22,24)/b21-12-. The Bertz CT molecular complexity index is 841. The molecule has 1 aliphatic rings. The van der Waals surface area contributed by atoms with Crippen molar-refractivity contribution in [2.45, 2.75) is 31.3 Å². The van der Waals surface area contributed by atoms with Gasteiger partial charge in [0.05, 0.1) is 22.4 Å². The van der Waals surface area contributed by atoms with Crippen molar-refractivity contribution in [2.75, 3.05) is 11.5 Å². The van der Waals surface area contributed by atoms with Crippen molar-refractivity contribution < 1.29 is 4.79 Å². The first-order chi connectivity index (χ1) is 12.4. The van der Waals surface area contributed by atoms with Crippen LogP contribution in [0.1, 0.15) is 30.3 Å². The van der Waals surface area contributed by atoms with E-state index in [2.05, 4.69) is 63.9 Å². The molecule has 2 heterocycles. The van der Waals surface area contributed by atoms with Crippen molar-refractivity contribution >= 4 is 51.6 Å². The number of rotatable bonds is 5. The third kappa shape index (κ3) is 4.38. The van der Waals surface area contributed by atoms with Gasteiger partial charge in [-0.1, -0.05) is 12.1 Å². The number of nitrogens with one attached hydrogen (secondary N) is 1. The smallest absolute Gasteiger partial charge is 0.242 e. The van der Waals surface area contributed by atoms with E-state index in [1.807, 2.05) is 41.7 Å². The number of thioether (sulfide) groups is 2. The maximum Gasteiger partial charge on any atom is 0.242 e. The summed E-state index contributed by atoms with van der Waals surface area (Å²) < 4.78 is 3.20. The van der Waals surface area contributed by atoms with Gasteiger partial charge >= 0.3 is 0 Å². The number of nitrogens with zero attached hydrogens (tertiary/aromatic N) is 2. The Morgan fingerprint density at radius 1 is 1.35 bits per heavy atom. The Morgan fingerprint density at radius 2 is 2.04 bits per heavy atom. The SMILES string of the molecule is Cc1cc(/C=N\NC(=O)CC2(C)SCCS2)c(C)n1-c1ccccc1Br. The lowest BCUT2D eigenvalue weighted by Gasteiger charge is -2.19. The first-order valence-electron chi connectivity index (χ1n) is 8.43. The Hall–Kier alpha value is -1.18. The topological polar surface area (TPSA) is 46.4 Å². The van der Waals surface area contributed by atoms with Gasteiger partial charge in [0.2, 0.25) is 5.91 Å². The average Bonchev–Trinajstić information content (AvgIpc) is 3.12. The maximum absolute atomic E-state index is 12.2. The van der Waals surface area contributed by atoms with Crippen molar-refractivity contribution in [1.82, 2.24) is 9.99 Å². The van der Waals surface area contributed by atoms with Crippen LogP contribution in [0, 0.1) is 13.8 Å². The number of carbonyl (C=O) groups is 1. The number of hydrazone groups is 1. The molecule has 0 radical (unpaired) electrons. The molecule has 1 aromatic heterocycles. The first kappa shape index (κ1) is 19.6. The molecular formula is C19H22BrN3OS2. The maximum atomic E-state index is 12.2. The fraction of sp³-hybridized carbons (Fsp3) is 0.368. The molecule has 0 saturated carbocycles. The highest BCUT2D eigenvalue weighted by atomic mass is 79.9. The minimum Gasteiger partial charge on any atom is -0.317 e. The minimum absolute atomic E-state index is 0.0188. The summed E-state index contributed by atoms with van der Waals surface area (Å²) in [5, 5.41) is 4.18. The third-order valence-electron chi connectivity index (χ3n) is 4.34. The normalized spacial score (nSPS) is 16.3. The van der Waals surface area contributed by atoms with Crippen LogP contribution in [0.4, 0.5) is 0 Å². The van der Waals surface area contributed by atoms with Gasteiger partial charge < -0.3 is 4.57 Å². The van der Waals surface area contributed by atoms with Crippen LogP contribution < -0.4 is 5.43 Å². The number of hydrogen-bond acceptors (Lipinski definition) is 4. The fourth-order valence-electron chi connectivity index (χ4n) is 3.09. The molecule has 1 amide bonds. The number of halogens is 1. The van der Waals surface area contributed by atoms with E-state index in [0.717, 1.165) is 38.6 Å². The Morgan fingerprint density at radius 3 is 2.73 bits per heavy atom. The highest BCUT2D eigenvalue weighted by molar-refractivity contribution is 9.10. The van der Waals surface area contributed by atoms with Crippen LogP contribution in [0.3, 0.4) is 0 Å². The van der Waals surface area contributed by atoms with Crippen LogP contribution in [0.25, 0.3) is 5.69 Å². The zero-order valence-corrected chi connectivity index (χ0v) is 18.3. The van der Waals surface area contributed by atoms with Crippen molar-refractivity contribution in [2.24, 2.45) is 5.10 Å². The predicted octanol–water partition coefficient (Wildman–Crippen LogP) is 4.89. The highest BCUT2D eigenvalue weighted by Crippen LogP contribution is 2.45. The molecule has 1 saturated heterocycles. The van der Waals surface area contributed by atoms with Crippen molar-refractivity contribution in [3.63, 3.8) is 0 Å². The lowest BCUT2D eigenvalue weighted by molar-refractivity contribution is -0.121. The third-order valence-corrected chi connectivity index (χ3v) is 8.30. The molecule has 0 unspecified atom stereocenters. The molecule has 7 heteroatoms. The van der Waals surface area contributed by atoms with Crippen LogP contribution in [0.5, 0.6) is 0 Å². The summed E-state index contributed by atoms with van der Waals surface area (Å²) in [5.41, 5.74) is 6.97. The summed E-state index contributed by atoms with van der Waals surface area (Å²) in [6, 6.07) is 10.2. The molecule has 1 aliphatic heterocycles. The molecule has 0 atom stereocenters. The fourth-order valence-corrected chi connectivity index (χ4v) is 6.38. The van der Waals surface area contributed by atoms with E-state index >= 15 is 0 Å². The molecule has 0 spiro atoms. The molecule has 3 rings (SSSR count). The molecule has 2 aromatic rings. The van der Waals surface area contributed by atoms with E-state index < -0.39 is 0 Å². The molecule has 1 aromatic carbocycles. The van der Waals surface area contributed by atoms with Gasteiger partial charge in [-0.3, -0.25) is 4.79 Å². The highest BCUT2D eigenvalue weighted by Gasteiger charge is 2.32. The number of aromatic nitrogens is 1. The van der Waals surface area contributed by atoms with Crippen LogP contribution in [0.2, 0.25) is 0 Å². The Kier molecular flexibility index (Phi) is 6.20. The summed E-state index contributed by atoms with van der Waals surface area (Å²) >= 11 is 7.32. The van der Waals surface area contributed by atoms with E-state index in [4.69, 9.17) is 0 Å². The van der Waals surface area contributed by atoms with E-state index in [1.165, 1.54) is 0 Å². The van der Waals surface area contributed by atoms with Crippen LogP contribution >= 0.6 is 39.5 Å². The Labute approximate surface area is 171 Å². The first-order valence-corrected chi connectivity index (χ1v) is 11.2. The van der Waals surface area contributed by atoms with Crippen LogP contribution in [-0.4, -0.2) is 32.3 Å². The second-order valence-corrected chi connectivity index (χ2v) is 10.7. The quantitative estimate of drug-likeness (QED) is 0.519. The van der Waals surface area contributed by atoms with Crippen molar-refractivity contribution in [3.8, 4) is 5.69 Å². The number of aryl methyl sites for hydroxylation is 1. The largest absolute Gasteiger partial charge is 0.317 e. The molecule has 1 N–H and O–H groups in total.